The average Bonchev–Trinajstić information content (AvgIpc) is 2.88. The van der Waals surface area contributed by atoms with Gasteiger partial charge in [-0.25, -0.2) is 4.68 Å². The maximum Gasteiger partial charge on any atom is 0.289 e. The van der Waals surface area contributed by atoms with E-state index in [4.69, 9.17) is 5.26 Å². The molecule has 0 atom stereocenters. The average molecular weight is 271 g/mol. The fourth-order valence-electron chi connectivity index (χ4n) is 1.83. The lowest BCUT2D eigenvalue weighted by Gasteiger charge is -2.07. The van der Waals surface area contributed by atoms with Gasteiger partial charge in [0, 0.05) is 5.69 Å². The van der Waals surface area contributed by atoms with E-state index in [2.05, 4.69) is 5.10 Å². The zero-order valence-electron chi connectivity index (χ0n) is 11.0. The minimum Gasteiger partial charge on any atom is -0.266 e. The molecule has 5 heteroatoms. The van der Waals surface area contributed by atoms with Gasteiger partial charge in [0.25, 0.3) is 5.56 Å². The Kier molecular flexibility index (Phi) is 3.63. The van der Waals surface area contributed by atoms with Crippen molar-refractivity contribution in [2.24, 2.45) is 5.10 Å². The minimum absolute atomic E-state index is 0.147. The molecule has 2 heterocycles. The Bertz CT molecular complexity index is 733. The van der Waals surface area contributed by atoms with Crippen molar-refractivity contribution >= 4 is 17.0 Å². The molecule has 2 aromatic rings. The molecule has 0 amide bonds. The van der Waals surface area contributed by atoms with Crippen LogP contribution in [0, 0.1) is 25.2 Å². The predicted octanol–water partition coefficient (Wildman–Crippen LogP) is 2.67. The van der Waals surface area contributed by atoms with Crippen molar-refractivity contribution in [2.45, 2.75) is 20.8 Å². The Labute approximate surface area is 115 Å². The first kappa shape index (κ1) is 13.2. The molecular formula is C14H13N3OS. The quantitative estimate of drug-likeness (QED) is 0.788. The topological polar surface area (TPSA) is 58.1 Å². The Morgan fingerprint density at radius 2 is 2.21 bits per heavy atom. The maximum atomic E-state index is 12.2. The molecule has 0 fully saturated rings. The van der Waals surface area contributed by atoms with Gasteiger partial charge < -0.3 is 0 Å². The van der Waals surface area contributed by atoms with E-state index in [1.165, 1.54) is 4.68 Å². The van der Waals surface area contributed by atoms with E-state index in [0.717, 1.165) is 16.3 Å². The van der Waals surface area contributed by atoms with E-state index in [1.54, 1.807) is 31.3 Å². The molecule has 0 bridgehead atoms. The second-order valence-electron chi connectivity index (χ2n) is 4.24. The maximum absolute atomic E-state index is 12.2. The number of pyridine rings is 1. The number of aryl methyl sites for hydroxylation is 2. The summed E-state index contributed by atoms with van der Waals surface area (Å²) in [7, 11) is 0. The number of nitrogens with zero attached hydrogens (tertiary/aromatic N) is 3. The summed E-state index contributed by atoms with van der Waals surface area (Å²) in [6.45, 7) is 5.41. The van der Waals surface area contributed by atoms with E-state index in [9.17, 15) is 4.79 Å². The molecule has 0 N–H and O–H groups in total. The molecule has 96 valence electrons. The SMILES string of the molecule is C/C(=N\n1c(C)cc(C)c(C#N)c1=O)c1cccs1. The third kappa shape index (κ3) is 2.49. The first-order valence-corrected chi connectivity index (χ1v) is 6.65. The monoisotopic (exact) mass is 271 g/mol. The van der Waals surface area contributed by atoms with Crippen LogP contribution in [0.2, 0.25) is 0 Å². The molecule has 0 aliphatic carbocycles. The van der Waals surface area contributed by atoms with Gasteiger partial charge in [-0.05, 0) is 43.8 Å². The lowest BCUT2D eigenvalue weighted by Crippen LogP contribution is -2.23. The summed E-state index contributed by atoms with van der Waals surface area (Å²) in [6, 6.07) is 7.62. The molecule has 0 saturated carbocycles. The predicted molar refractivity (Wildman–Crippen MR) is 76.8 cm³/mol. The first-order valence-electron chi connectivity index (χ1n) is 5.77. The summed E-state index contributed by atoms with van der Waals surface area (Å²) in [5.74, 6) is 0. The fraction of sp³-hybridized carbons (Fsp3) is 0.214. The van der Waals surface area contributed by atoms with Gasteiger partial charge in [-0.15, -0.1) is 11.3 Å². The van der Waals surface area contributed by atoms with Crippen molar-refractivity contribution in [3.63, 3.8) is 0 Å². The van der Waals surface area contributed by atoms with Crippen LogP contribution in [0.5, 0.6) is 0 Å². The van der Waals surface area contributed by atoms with E-state index < -0.39 is 0 Å². The molecule has 0 aliphatic rings. The van der Waals surface area contributed by atoms with Crippen molar-refractivity contribution in [3.8, 4) is 6.07 Å². The van der Waals surface area contributed by atoms with Gasteiger partial charge in [0.05, 0.1) is 10.6 Å². The molecule has 0 aliphatic heterocycles. The standard InChI is InChI=1S/C14H13N3OS/c1-9-7-10(2)17(14(18)12(9)8-15)16-11(3)13-5-4-6-19-13/h4-7H,1-3H3/b16-11+. The lowest BCUT2D eigenvalue weighted by atomic mass is 10.1. The minimum atomic E-state index is -0.365. The number of thiophene rings is 1. The van der Waals surface area contributed by atoms with Gasteiger partial charge >= 0.3 is 0 Å². The van der Waals surface area contributed by atoms with Crippen molar-refractivity contribution in [2.75, 3.05) is 0 Å². The highest BCUT2D eigenvalue weighted by atomic mass is 32.1. The molecule has 2 aromatic heterocycles. The lowest BCUT2D eigenvalue weighted by molar-refractivity contribution is 0.782. The molecule has 0 radical (unpaired) electrons. The summed E-state index contributed by atoms with van der Waals surface area (Å²) in [4.78, 5) is 13.2. The molecule has 19 heavy (non-hydrogen) atoms. The molecular weight excluding hydrogens is 258 g/mol. The van der Waals surface area contributed by atoms with Crippen LogP contribution in [0.25, 0.3) is 0 Å². The highest BCUT2D eigenvalue weighted by Crippen LogP contribution is 2.11. The van der Waals surface area contributed by atoms with Gasteiger partial charge in [0.1, 0.15) is 11.6 Å². The number of aromatic nitrogens is 1. The number of hydrogen-bond acceptors (Lipinski definition) is 4. The van der Waals surface area contributed by atoms with Crippen LogP contribution < -0.4 is 5.56 Å². The van der Waals surface area contributed by atoms with E-state index in [-0.39, 0.29) is 11.1 Å². The van der Waals surface area contributed by atoms with Crippen molar-refractivity contribution in [1.29, 1.82) is 5.26 Å². The third-order valence-electron chi connectivity index (χ3n) is 2.80. The van der Waals surface area contributed by atoms with Crippen molar-refractivity contribution < 1.29 is 0 Å². The summed E-state index contributed by atoms with van der Waals surface area (Å²) < 4.78 is 1.29. The molecule has 0 spiro atoms. The van der Waals surface area contributed by atoms with E-state index in [0.29, 0.717) is 5.56 Å². The molecule has 0 aromatic carbocycles. The van der Waals surface area contributed by atoms with Gasteiger partial charge in [-0.2, -0.15) is 10.4 Å². The van der Waals surface area contributed by atoms with Gasteiger partial charge in [0.2, 0.25) is 0 Å². The van der Waals surface area contributed by atoms with Gasteiger partial charge in [-0.3, -0.25) is 4.79 Å². The van der Waals surface area contributed by atoms with Crippen LogP contribution in [-0.2, 0) is 0 Å². The largest absolute Gasteiger partial charge is 0.289 e. The van der Waals surface area contributed by atoms with Gasteiger partial charge in [0.15, 0.2) is 0 Å². The number of nitriles is 1. The van der Waals surface area contributed by atoms with Crippen LogP contribution >= 0.6 is 11.3 Å². The second kappa shape index (κ2) is 5.21. The van der Waals surface area contributed by atoms with Crippen LogP contribution in [0.3, 0.4) is 0 Å². The summed E-state index contributed by atoms with van der Waals surface area (Å²) in [6.07, 6.45) is 0. The molecule has 4 nitrogen and oxygen atoms in total. The molecule has 0 saturated heterocycles. The number of hydrogen-bond donors (Lipinski definition) is 0. The van der Waals surface area contributed by atoms with E-state index in [1.807, 2.05) is 30.5 Å². The molecule has 2 rings (SSSR count). The summed E-state index contributed by atoms with van der Waals surface area (Å²) >= 11 is 1.56. The summed E-state index contributed by atoms with van der Waals surface area (Å²) in [5.41, 5.74) is 1.94. The highest BCUT2D eigenvalue weighted by molar-refractivity contribution is 7.12. The number of rotatable bonds is 2. The van der Waals surface area contributed by atoms with Crippen LogP contribution in [0.15, 0.2) is 33.5 Å². The van der Waals surface area contributed by atoms with E-state index >= 15 is 0 Å². The molecule has 0 unspecified atom stereocenters. The summed E-state index contributed by atoms with van der Waals surface area (Å²) in [5, 5.41) is 15.3. The first-order chi connectivity index (χ1) is 9.04. The van der Waals surface area contributed by atoms with Crippen molar-refractivity contribution in [3.05, 3.63) is 55.6 Å². The zero-order chi connectivity index (χ0) is 14.0. The third-order valence-corrected chi connectivity index (χ3v) is 3.78. The van der Waals surface area contributed by atoms with Crippen molar-refractivity contribution in [1.82, 2.24) is 4.68 Å². The fourth-order valence-corrected chi connectivity index (χ4v) is 2.50. The second-order valence-corrected chi connectivity index (χ2v) is 5.18. The highest BCUT2D eigenvalue weighted by Gasteiger charge is 2.10. The Hall–Kier alpha value is -2.19. The smallest absolute Gasteiger partial charge is 0.266 e. The van der Waals surface area contributed by atoms with Crippen LogP contribution in [0.1, 0.15) is 28.6 Å². The zero-order valence-corrected chi connectivity index (χ0v) is 11.8. The Balaban J connectivity index is 2.62. The Morgan fingerprint density at radius 1 is 1.47 bits per heavy atom. The normalized spacial score (nSPS) is 11.4. The van der Waals surface area contributed by atoms with Crippen LogP contribution in [0.4, 0.5) is 0 Å². The van der Waals surface area contributed by atoms with Crippen LogP contribution in [-0.4, -0.2) is 10.4 Å². The van der Waals surface area contributed by atoms with Gasteiger partial charge in [-0.1, -0.05) is 6.07 Å². The Morgan fingerprint density at radius 3 is 2.79 bits per heavy atom.